The first kappa shape index (κ1) is 16.6. The summed E-state index contributed by atoms with van der Waals surface area (Å²) in [6.07, 6.45) is 2.63. The second-order valence-corrected chi connectivity index (χ2v) is 6.56. The Bertz CT molecular complexity index is 431. The van der Waals surface area contributed by atoms with Crippen molar-refractivity contribution in [2.24, 2.45) is 5.92 Å². The molecule has 0 aliphatic carbocycles. The molecule has 21 heavy (non-hydrogen) atoms. The molecule has 0 spiro atoms. The van der Waals surface area contributed by atoms with Crippen LogP contribution in [0.25, 0.3) is 0 Å². The van der Waals surface area contributed by atoms with Gasteiger partial charge in [0.05, 0.1) is 5.02 Å². The first-order chi connectivity index (χ1) is 10.2. The summed E-state index contributed by atoms with van der Waals surface area (Å²) in [6, 6.07) is 5.98. The topological polar surface area (TPSA) is 24.5 Å². The standard InChI is InChI=1S/C17H27ClN2O/c1-14(2)12-19-13-15-6-5-7-16(18)17(15)21-11-10-20-8-3-4-9-20/h5-7,14,19H,3-4,8-13H2,1-2H3. The third-order valence-electron chi connectivity index (χ3n) is 3.77. The lowest BCUT2D eigenvalue weighted by molar-refractivity contribution is 0.236. The number of para-hydroxylation sites is 1. The largest absolute Gasteiger partial charge is 0.490 e. The van der Waals surface area contributed by atoms with Gasteiger partial charge in [-0.3, -0.25) is 4.90 Å². The number of hydrogen-bond acceptors (Lipinski definition) is 3. The third-order valence-corrected chi connectivity index (χ3v) is 4.07. The molecule has 1 fully saturated rings. The summed E-state index contributed by atoms with van der Waals surface area (Å²) in [5, 5.41) is 4.16. The quantitative estimate of drug-likeness (QED) is 0.794. The van der Waals surface area contributed by atoms with Crippen LogP contribution >= 0.6 is 11.6 Å². The van der Waals surface area contributed by atoms with Gasteiger partial charge in [-0.25, -0.2) is 0 Å². The molecule has 1 aliphatic rings. The summed E-state index contributed by atoms with van der Waals surface area (Å²) in [5.41, 5.74) is 1.14. The van der Waals surface area contributed by atoms with Crippen LogP contribution in [-0.4, -0.2) is 37.7 Å². The molecule has 1 aromatic carbocycles. The molecule has 1 N–H and O–H groups in total. The minimum absolute atomic E-state index is 0.642. The van der Waals surface area contributed by atoms with Gasteiger partial charge in [-0.1, -0.05) is 37.6 Å². The molecule has 2 rings (SSSR count). The molecule has 0 unspecified atom stereocenters. The van der Waals surface area contributed by atoms with Gasteiger partial charge in [-0.2, -0.15) is 0 Å². The van der Waals surface area contributed by atoms with E-state index < -0.39 is 0 Å². The lowest BCUT2D eigenvalue weighted by Gasteiger charge is -2.18. The molecular formula is C17H27ClN2O. The van der Waals surface area contributed by atoms with Gasteiger partial charge in [-0.15, -0.1) is 0 Å². The zero-order valence-electron chi connectivity index (χ0n) is 13.2. The number of likely N-dealkylation sites (tertiary alicyclic amines) is 1. The Kier molecular flexibility index (Phi) is 6.81. The van der Waals surface area contributed by atoms with Crippen LogP contribution in [0.1, 0.15) is 32.3 Å². The Morgan fingerprint density at radius 3 is 2.76 bits per heavy atom. The van der Waals surface area contributed by atoms with E-state index in [4.69, 9.17) is 16.3 Å². The summed E-state index contributed by atoms with van der Waals surface area (Å²) < 4.78 is 5.97. The van der Waals surface area contributed by atoms with Gasteiger partial charge in [0, 0.05) is 18.7 Å². The van der Waals surface area contributed by atoms with E-state index in [0.29, 0.717) is 17.5 Å². The number of nitrogens with one attached hydrogen (secondary N) is 1. The lowest BCUT2D eigenvalue weighted by atomic mass is 10.2. The van der Waals surface area contributed by atoms with Gasteiger partial charge < -0.3 is 10.1 Å². The van der Waals surface area contributed by atoms with Gasteiger partial charge in [-0.05, 0) is 44.5 Å². The van der Waals surface area contributed by atoms with Crippen LogP contribution < -0.4 is 10.1 Å². The van der Waals surface area contributed by atoms with Gasteiger partial charge in [0.15, 0.2) is 0 Å². The molecule has 0 aromatic heterocycles. The molecule has 1 aromatic rings. The summed E-state index contributed by atoms with van der Waals surface area (Å²) in [4.78, 5) is 2.45. The molecule has 1 heterocycles. The van der Waals surface area contributed by atoms with Gasteiger partial charge in [0.25, 0.3) is 0 Å². The smallest absolute Gasteiger partial charge is 0.142 e. The number of ether oxygens (including phenoxy) is 1. The highest BCUT2D eigenvalue weighted by molar-refractivity contribution is 6.32. The molecule has 4 heteroatoms. The Hall–Kier alpha value is -0.770. The Morgan fingerprint density at radius 2 is 2.05 bits per heavy atom. The highest BCUT2D eigenvalue weighted by atomic mass is 35.5. The van der Waals surface area contributed by atoms with Crippen molar-refractivity contribution < 1.29 is 4.74 Å². The second-order valence-electron chi connectivity index (χ2n) is 6.15. The molecule has 0 bridgehead atoms. The Balaban J connectivity index is 1.86. The monoisotopic (exact) mass is 310 g/mol. The minimum Gasteiger partial charge on any atom is -0.490 e. The van der Waals surface area contributed by atoms with E-state index in [9.17, 15) is 0 Å². The van der Waals surface area contributed by atoms with Crippen LogP contribution in [0.15, 0.2) is 18.2 Å². The molecule has 1 aliphatic heterocycles. The fourth-order valence-electron chi connectivity index (χ4n) is 2.63. The second kappa shape index (κ2) is 8.62. The first-order valence-electron chi connectivity index (χ1n) is 8.00. The summed E-state index contributed by atoms with van der Waals surface area (Å²) in [6.45, 7) is 10.3. The van der Waals surface area contributed by atoms with E-state index in [1.165, 1.54) is 25.9 Å². The predicted molar refractivity (Wildman–Crippen MR) is 89.2 cm³/mol. The van der Waals surface area contributed by atoms with E-state index in [2.05, 4.69) is 30.1 Å². The fraction of sp³-hybridized carbons (Fsp3) is 0.647. The maximum Gasteiger partial charge on any atom is 0.142 e. The number of hydrogen-bond donors (Lipinski definition) is 1. The van der Waals surface area contributed by atoms with E-state index in [1.54, 1.807) is 0 Å². The SMILES string of the molecule is CC(C)CNCc1cccc(Cl)c1OCCN1CCCC1. The van der Waals surface area contributed by atoms with Crippen molar-refractivity contribution in [1.82, 2.24) is 10.2 Å². The average molecular weight is 311 g/mol. The van der Waals surface area contributed by atoms with Crippen molar-refractivity contribution in [1.29, 1.82) is 0 Å². The van der Waals surface area contributed by atoms with E-state index in [0.717, 1.165) is 30.9 Å². The average Bonchev–Trinajstić information content (AvgIpc) is 2.94. The van der Waals surface area contributed by atoms with Crippen molar-refractivity contribution in [3.63, 3.8) is 0 Å². The molecule has 0 saturated carbocycles. The molecule has 118 valence electrons. The molecule has 3 nitrogen and oxygen atoms in total. The minimum atomic E-state index is 0.642. The van der Waals surface area contributed by atoms with Crippen molar-refractivity contribution >= 4 is 11.6 Å². The maximum atomic E-state index is 6.30. The van der Waals surface area contributed by atoms with Crippen molar-refractivity contribution in [3.8, 4) is 5.75 Å². The van der Waals surface area contributed by atoms with E-state index in [-0.39, 0.29) is 0 Å². The zero-order chi connectivity index (χ0) is 15.1. The zero-order valence-corrected chi connectivity index (χ0v) is 14.0. The fourth-order valence-corrected chi connectivity index (χ4v) is 2.88. The molecule has 0 atom stereocenters. The van der Waals surface area contributed by atoms with Gasteiger partial charge >= 0.3 is 0 Å². The van der Waals surface area contributed by atoms with Crippen molar-refractivity contribution in [2.45, 2.75) is 33.2 Å². The Morgan fingerprint density at radius 1 is 1.29 bits per heavy atom. The lowest BCUT2D eigenvalue weighted by Crippen LogP contribution is -2.25. The molecule has 0 radical (unpaired) electrons. The van der Waals surface area contributed by atoms with Crippen LogP contribution in [0, 0.1) is 5.92 Å². The molecule has 0 amide bonds. The van der Waals surface area contributed by atoms with Crippen LogP contribution in [0.5, 0.6) is 5.75 Å². The van der Waals surface area contributed by atoms with Crippen LogP contribution in [0.3, 0.4) is 0 Å². The van der Waals surface area contributed by atoms with Crippen LogP contribution in [-0.2, 0) is 6.54 Å². The van der Waals surface area contributed by atoms with Crippen LogP contribution in [0.2, 0.25) is 5.02 Å². The summed E-state index contributed by atoms with van der Waals surface area (Å²) >= 11 is 6.30. The van der Waals surface area contributed by atoms with Crippen molar-refractivity contribution in [3.05, 3.63) is 28.8 Å². The van der Waals surface area contributed by atoms with E-state index >= 15 is 0 Å². The maximum absolute atomic E-state index is 6.30. The number of benzene rings is 1. The highest BCUT2D eigenvalue weighted by Crippen LogP contribution is 2.28. The molecular weight excluding hydrogens is 284 g/mol. The van der Waals surface area contributed by atoms with Gasteiger partial charge in [0.2, 0.25) is 0 Å². The van der Waals surface area contributed by atoms with Gasteiger partial charge in [0.1, 0.15) is 12.4 Å². The molecule has 1 saturated heterocycles. The first-order valence-corrected chi connectivity index (χ1v) is 8.38. The normalized spacial score (nSPS) is 15.8. The number of rotatable bonds is 8. The summed E-state index contributed by atoms with van der Waals surface area (Å²) in [5.74, 6) is 1.48. The third kappa shape index (κ3) is 5.50. The van der Waals surface area contributed by atoms with Crippen molar-refractivity contribution in [2.75, 3.05) is 32.8 Å². The summed E-state index contributed by atoms with van der Waals surface area (Å²) in [7, 11) is 0. The van der Waals surface area contributed by atoms with Crippen LogP contribution in [0.4, 0.5) is 0 Å². The predicted octanol–water partition coefficient (Wildman–Crippen LogP) is 3.56. The van der Waals surface area contributed by atoms with E-state index in [1.807, 2.05) is 12.1 Å². The number of nitrogens with zero attached hydrogens (tertiary/aromatic N) is 1. The number of halogens is 1. The highest BCUT2D eigenvalue weighted by Gasteiger charge is 2.13. The Labute approximate surface area is 133 Å².